The van der Waals surface area contributed by atoms with Crippen LogP contribution < -0.4 is 10.5 Å². The van der Waals surface area contributed by atoms with E-state index in [4.69, 9.17) is 10.5 Å². The number of hydrogen-bond acceptors (Lipinski definition) is 4. The molecule has 0 radical (unpaired) electrons. The van der Waals surface area contributed by atoms with Crippen molar-refractivity contribution in [1.29, 1.82) is 0 Å². The van der Waals surface area contributed by atoms with Crippen LogP contribution in [0.15, 0.2) is 30.5 Å². The standard InChI is InChI=1S/C14H20FNO.C5H8O2/c1-9-7-11(9)5-6-17-14-8-12(10(2)16)3-4-13(14)15;1-3-7-5(2)4-6/h3-4,8-11H,5-7,16H2,1-2H3;4H,2-3H2,1H3/t9?,10-,11?;/m0./s1. The van der Waals surface area contributed by atoms with E-state index in [1.807, 2.05) is 6.92 Å². The summed E-state index contributed by atoms with van der Waals surface area (Å²) >= 11 is 0. The second-order valence-electron chi connectivity index (χ2n) is 6.11. The largest absolute Gasteiger partial charge is 0.491 e. The van der Waals surface area contributed by atoms with Gasteiger partial charge in [-0.15, -0.1) is 0 Å². The van der Waals surface area contributed by atoms with Crippen LogP contribution in [0, 0.1) is 17.7 Å². The molecule has 1 fully saturated rings. The van der Waals surface area contributed by atoms with Crippen LogP contribution in [0.3, 0.4) is 0 Å². The lowest BCUT2D eigenvalue weighted by Crippen LogP contribution is -2.06. The van der Waals surface area contributed by atoms with Crippen LogP contribution in [0.1, 0.15) is 45.2 Å². The van der Waals surface area contributed by atoms with Gasteiger partial charge in [-0.3, -0.25) is 4.79 Å². The van der Waals surface area contributed by atoms with Crippen LogP contribution in [0.5, 0.6) is 5.75 Å². The zero-order chi connectivity index (χ0) is 18.1. The Morgan fingerprint density at radius 3 is 2.67 bits per heavy atom. The van der Waals surface area contributed by atoms with Gasteiger partial charge in [0.25, 0.3) is 0 Å². The Morgan fingerprint density at radius 2 is 2.21 bits per heavy atom. The van der Waals surface area contributed by atoms with Crippen LogP contribution in [0.2, 0.25) is 0 Å². The van der Waals surface area contributed by atoms with E-state index < -0.39 is 0 Å². The zero-order valence-electron chi connectivity index (χ0n) is 14.8. The van der Waals surface area contributed by atoms with Gasteiger partial charge in [-0.05, 0) is 56.2 Å². The molecular weight excluding hydrogens is 309 g/mol. The predicted molar refractivity (Wildman–Crippen MR) is 93.2 cm³/mol. The molecule has 1 aliphatic rings. The number of allylic oxidation sites excluding steroid dienone is 1. The normalized spacial score (nSPS) is 19.5. The average Bonchev–Trinajstić information content (AvgIpc) is 3.25. The molecule has 1 aromatic rings. The Labute approximate surface area is 143 Å². The highest BCUT2D eigenvalue weighted by Crippen LogP contribution is 2.40. The highest BCUT2D eigenvalue weighted by molar-refractivity contribution is 5.68. The van der Waals surface area contributed by atoms with E-state index in [0.717, 1.165) is 23.8 Å². The van der Waals surface area contributed by atoms with Crippen molar-refractivity contribution in [2.24, 2.45) is 17.6 Å². The Bertz CT molecular complexity index is 545. The number of carbonyl (C=O) groups is 1. The van der Waals surface area contributed by atoms with Gasteiger partial charge in [-0.25, -0.2) is 4.39 Å². The smallest absolute Gasteiger partial charge is 0.184 e. The quantitative estimate of drug-likeness (QED) is 0.442. The molecule has 0 aromatic heterocycles. The molecule has 0 heterocycles. The van der Waals surface area contributed by atoms with E-state index in [9.17, 15) is 9.18 Å². The first-order valence-corrected chi connectivity index (χ1v) is 8.33. The van der Waals surface area contributed by atoms with Crippen LogP contribution in [-0.4, -0.2) is 19.5 Å². The van der Waals surface area contributed by atoms with E-state index in [0.29, 0.717) is 25.2 Å². The molecule has 3 atom stereocenters. The maximum absolute atomic E-state index is 13.5. The minimum Gasteiger partial charge on any atom is -0.491 e. The molecule has 1 aromatic carbocycles. The van der Waals surface area contributed by atoms with Crippen LogP contribution in [0.25, 0.3) is 0 Å². The van der Waals surface area contributed by atoms with Crippen LogP contribution in [0.4, 0.5) is 4.39 Å². The fourth-order valence-electron chi connectivity index (χ4n) is 2.25. The van der Waals surface area contributed by atoms with Gasteiger partial charge in [0.2, 0.25) is 0 Å². The van der Waals surface area contributed by atoms with Crippen molar-refractivity contribution in [3.05, 3.63) is 41.9 Å². The first-order chi connectivity index (χ1) is 11.4. The van der Waals surface area contributed by atoms with E-state index in [-0.39, 0.29) is 17.6 Å². The summed E-state index contributed by atoms with van der Waals surface area (Å²) < 4.78 is 23.6. The maximum Gasteiger partial charge on any atom is 0.184 e. The summed E-state index contributed by atoms with van der Waals surface area (Å²) in [5, 5.41) is 0. The first-order valence-electron chi connectivity index (χ1n) is 8.33. The molecule has 4 nitrogen and oxygen atoms in total. The van der Waals surface area contributed by atoms with E-state index >= 15 is 0 Å². The molecule has 0 spiro atoms. The molecule has 0 saturated heterocycles. The fraction of sp³-hybridized carbons (Fsp3) is 0.526. The van der Waals surface area contributed by atoms with E-state index in [1.165, 1.54) is 12.5 Å². The number of nitrogens with two attached hydrogens (primary N) is 1. The number of ether oxygens (including phenoxy) is 2. The van der Waals surface area contributed by atoms with Gasteiger partial charge in [0.05, 0.1) is 13.2 Å². The lowest BCUT2D eigenvalue weighted by molar-refractivity contribution is -0.107. The van der Waals surface area contributed by atoms with Gasteiger partial charge >= 0.3 is 0 Å². The van der Waals surface area contributed by atoms with Crippen LogP contribution in [-0.2, 0) is 9.53 Å². The van der Waals surface area contributed by atoms with Crippen LogP contribution >= 0.6 is 0 Å². The third-order valence-corrected chi connectivity index (χ3v) is 3.96. The number of aldehydes is 1. The van der Waals surface area contributed by atoms with Gasteiger partial charge in [0.15, 0.2) is 23.6 Å². The lowest BCUT2D eigenvalue weighted by Gasteiger charge is -2.11. The fourth-order valence-corrected chi connectivity index (χ4v) is 2.25. The monoisotopic (exact) mass is 337 g/mol. The molecular formula is C19H28FNO3. The zero-order valence-corrected chi connectivity index (χ0v) is 14.8. The molecule has 5 heteroatoms. The Morgan fingerprint density at radius 1 is 1.54 bits per heavy atom. The molecule has 2 rings (SSSR count). The Balaban J connectivity index is 0.000000351. The highest BCUT2D eigenvalue weighted by atomic mass is 19.1. The Hall–Kier alpha value is -1.88. The maximum atomic E-state index is 13.5. The Kier molecular flexibility index (Phi) is 8.47. The minimum atomic E-state index is -0.307. The van der Waals surface area contributed by atoms with Crippen molar-refractivity contribution in [2.75, 3.05) is 13.2 Å². The van der Waals surface area contributed by atoms with Crippen molar-refractivity contribution in [3.8, 4) is 5.75 Å². The SMILES string of the molecule is C=C(C=O)OCC.CC1CC1CCOc1cc([C@H](C)N)ccc1F. The average molecular weight is 337 g/mol. The molecule has 134 valence electrons. The van der Waals surface area contributed by atoms with Crippen molar-refractivity contribution in [3.63, 3.8) is 0 Å². The van der Waals surface area contributed by atoms with E-state index in [2.05, 4.69) is 18.2 Å². The highest BCUT2D eigenvalue weighted by Gasteiger charge is 2.31. The number of halogens is 1. The van der Waals surface area contributed by atoms with Crippen molar-refractivity contribution in [2.45, 2.75) is 39.7 Å². The van der Waals surface area contributed by atoms with Gasteiger partial charge in [-0.1, -0.05) is 19.6 Å². The topological polar surface area (TPSA) is 61.5 Å². The summed E-state index contributed by atoms with van der Waals surface area (Å²) in [5.41, 5.74) is 6.66. The second kappa shape index (κ2) is 10.1. The molecule has 24 heavy (non-hydrogen) atoms. The van der Waals surface area contributed by atoms with Gasteiger partial charge in [0.1, 0.15) is 0 Å². The third-order valence-electron chi connectivity index (χ3n) is 3.96. The molecule has 1 aliphatic carbocycles. The van der Waals surface area contributed by atoms with Gasteiger partial charge < -0.3 is 15.2 Å². The summed E-state index contributed by atoms with van der Waals surface area (Å²) in [6, 6.07) is 4.74. The summed E-state index contributed by atoms with van der Waals surface area (Å²) in [6.45, 7) is 10.3. The van der Waals surface area contributed by atoms with Gasteiger partial charge in [0, 0.05) is 6.04 Å². The predicted octanol–water partition coefficient (Wildman–Crippen LogP) is 4.01. The van der Waals surface area contributed by atoms with Crippen molar-refractivity contribution in [1.82, 2.24) is 0 Å². The summed E-state index contributed by atoms with van der Waals surface area (Å²) in [4.78, 5) is 9.67. The number of carbonyl (C=O) groups excluding carboxylic acids is 1. The van der Waals surface area contributed by atoms with E-state index in [1.54, 1.807) is 19.1 Å². The van der Waals surface area contributed by atoms with Crippen molar-refractivity contribution >= 4 is 6.29 Å². The summed E-state index contributed by atoms with van der Waals surface area (Å²) in [6.07, 6.45) is 2.89. The lowest BCUT2D eigenvalue weighted by atomic mass is 10.1. The second-order valence-corrected chi connectivity index (χ2v) is 6.11. The molecule has 1 saturated carbocycles. The molecule has 0 aliphatic heterocycles. The number of rotatable bonds is 8. The number of hydrogen-bond donors (Lipinski definition) is 1. The summed E-state index contributed by atoms with van der Waals surface area (Å²) in [7, 11) is 0. The third kappa shape index (κ3) is 7.13. The summed E-state index contributed by atoms with van der Waals surface area (Å²) in [5.74, 6) is 1.81. The first kappa shape index (κ1) is 20.2. The minimum absolute atomic E-state index is 0.0959. The number of benzene rings is 1. The molecule has 0 amide bonds. The van der Waals surface area contributed by atoms with Gasteiger partial charge in [-0.2, -0.15) is 0 Å². The molecule has 0 bridgehead atoms. The van der Waals surface area contributed by atoms with Crippen molar-refractivity contribution < 1.29 is 18.7 Å². The molecule has 2 N–H and O–H groups in total. The molecule has 2 unspecified atom stereocenters.